The Kier molecular flexibility index (Phi) is 4.48. The van der Waals surface area contributed by atoms with Crippen molar-refractivity contribution in [3.63, 3.8) is 0 Å². The zero-order chi connectivity index (χ0) is 17.1. The minimum Gasteiger partial charge on any atom is -0.372 e. The van der Waals surface area contributed by atoms with Crippen molar-refractivity contribution in [3.8, 4) is 0 Å². The van der Waals surface area contributed by atoms with E-state index in [4.69, 9.17) is 4.74 Å². The summed E-state index contributed by atoms with van der Waals surface area (Å²) in [5.41, 5.74) is 3.88. The SMILES string of the molecule is O=C(NCCCc1ccccc1)c1ccc2c(c1)nc1n2CCOC1. The zero-order valence-electron chi connectivity index (χ0n) is 14.1. The summed E-state index contributed by atoms with van der Waals surface area (Å²) in [6.45, 7) is 2.73. The fourth-order valence-corrected chi connectivity index (χ4v) is 3.24. The molecule has 0 fully saturated rings. The first-order valence-corrected chi connectivity index (χ1v) is 8.70. The lowest BCUT2D eigenvalue weighted by atomic mass is 10.1. The van der Waals surface area contributed by atoms with Crippen LogP contribution in [0.15, 0.2) is 48.5 Å². The fourth-order valence-electron chi connectivity index (χ4n) is 3.24. The lowest BCUT2D eigenvalue weighted by molar-refractivity contribution is 0.0830. The Morgan fingerprint density at radius 3 is 2.96 bits per heavy atom. The molecular formula is C20H21N3O2. The van der Waals surface area contributed by atoms with Crippen molar-refractivity contribution in [1.29, 1.82) is 0 Å². The van der Waals surface area contributed by atoms with Gasteiger partial charge in [0.2, 0.25) is 0 Å². The molecule has 25 heavy (non-hydrogen) atoms. The number of aryl methyl sites for hydroxylation is 1. The summed E-state index contributed by atoms with van der Waals surface area (Å²) >= 11 is 0. The number of carbonyl (C=O) groups is 1. The van der Waals surface area contributed by atoms with E-state index in [-0.39, 0.29) is 5.91 Å². The highest BCUT2D eigenvalue weighted by molar-refractivity contribution is 5.97. The van der Waals surface area contributed by atoms with Crippen molar-refractivity contribution in [1.82, 2.24) is 14.9 Å². The third-order valence-electron chi connectivity index (χ3n) is 4.55. The standard InChI is InChI=1S/C20H21N3O2/c24-20(21-10-4-7-15-5-2-1-3-6-15)16-8-9-18-17(13-16)22-19-14-25-12-11-23(18)19/h1-3,5-6,8-9,13H,4,7,10-12,14H2,(H,21,24). The summed E-state index contributed by atoms with van der Waals surface area (Å²) < 4.78 is 7.61. The maximum Gasteiger partial charge on any atom is 0.251 e. The molecule has 0 spiro atoms. The van der Waals surface area contributed by atoms with Crippen molar-refractivity contribution < 1.29 is 9.53 Å². The van der Waals surface area contributed by atoms with Crippen LogP contribution in [-0.4, -0.2) is 28.6 Å². The van der Waals surface area contributed by atoms with Gasteiger partial charge in [-0.15, -0.1) is 0 Å². The Labute approximate surface area is 146 Å². The third kappa shape index (κ3) is 3.42. The van der Waals surface area contributed by atoms with Gasteiger partial charge >= 0.3 is 0 Å². The number of carbonyl (C=O) groups excluding carboxylic acids is 1. The summed E-state index contributed by atoms with van der Waals surface area (Å²) in [6.07, 6.45) is 1.89. The summed E-state index contributed by atoms with van der Waals surface area (Å²) in [5.74, 6) is 0.888. The Bertz CT molecular complexity index is 887. The van der Waals surface area contributed by atoms with Gasteiger partial charge in [-0.05, 0) is 36.6 Å². The number of nitrogens with one attached hydrogen (secondary N) is 1. The van der Waals surface area contributed by atoms with Crippen molar-refractivity contribution in [3.05, 3.63) is 65.5 Å². The normalized spacial score (nSPS) is 13.6. The van der Waals surface area contributed by atoms with Crippen LogP contribution < -0.4 is 5.32 Å². The minimum absolute atomic E-state index is 0.0443. The van der Waals surface area contributed by atoms with Crippen LogP contribution in [0.1, 0.15) is 28.2 Å². The molecular weight excluding hydrogens is 314 g/mol. The molecule has 0 atom stereocenters. The predicted octanol–water partition coefficient (Wildman–Crippen LogP) is 2.93. The summed E-state index contributed by atoms with van der Waals surface area (Å²) in [6, 6.07) is 16.0. The average molecular weight is 335 g/mol. The average Bonchev–Trinajstić information content (AvgIpc) is 3.03. The van der Waals surface area contributed by atoms with Gasteiger partial charge in [0.15, 0.2) is 0 Å². The molecule has 0 unspecified atom stereocenters. The van der Waals surface area contributed by atoms with Crippen LogP contribution in [0, 0.1) is 0 Å². The van der Waals surface area contributed by atoms with Crippen LogP contribution in [0.4, 0.5) is 0 Å². The predicted molar refractivity (Wildman–Crippen MR) is 96.5 cm³/mol. The minimum atomic E-state index is -0.0443. The van der Waals surface area contributed by atoms with Crippen LogP contribution in [-0.2, 0) is 24.3 Å². The largest absolute Gasteiger partial charge is 0.372 e. The van der Waals surface area contributed by atoms with E-state index in [1.165, 1.54) is 5.56 Å². The first-order chi connectivity index (χ1) is 12.3. The maximum absolute atomic E-state index is 12.4. The molecule has 5 nitrogen and oxygen atoms in total. The van der Waals surface area contributed by atoms with Gasteiger partial charge in [0.25, 0.3) is 5.91 Å². The lowest BCUT2D eigenvalue weighted by Gasteiger charge is -2.14. The molecule has 1 amide bonds. The Morgan fingerprint density at radius 1 is 1.20 bits per heavy atom. The van der Waals surface area contributed by atoms with Gasteiger partial charge in [-0.3, -0.25) is 4.79 Å². The Balaban J connectivity index is 1.38. The van der Waals surface area contributed by atoms with Gasteiger partial charge in [-0.25, -0.2) is 4.98 Å². The monoisotopic (exact) mass is 335 g/mol. The smallest absolute Gasteiger partial charge is 0.251 e. The van der Waals surface area contributed by atoms with E-state index in [0.717, 1.165) is 36.2 Å². The van der Waals surface area contributed by atoms with Gasteiger partial charge in [-0.1, -0.05) is 30.3 Å². The van der Waals surface area contributed by atoms with Gasteiger partial charge in [0, 0.05) is 18.7 Å². The van der Waals surface area contributed by atoms with Crippen molar-refractivity contribution in [2.75, 3.05) is 13.2 Å². The topological polar surface area (TPSA) is 56.2 Å². The van der Waals surface area contributed by atoms with Gasteiger partial charge in [0.1, 0.15) is 12.4 Å². The van der Waals surface area contributed by atoms with E-state index in [9.17, 15) is 4.79 Å². The number of rotatable bonds is 5. The molecule has 1 N–H and O–H groups in total. The Hall–Kier alpha value is -2.66. The van der Waals surface area contributed by atoms with Crippen molar-refractivity contribution in [2.45, 2.75) is 26.0 Å². The zero-order valence-corrected chi connectivity index (χ0v) is 14.1. The number of amides is 1. The van der Waals surface area contributed by atoms with Crippen LogP contribution in [0.2, 0.25) is 0 Å². The second-order valence-electron chi connectivity index (χ2n) is 6.28. The van der Waals surface area contributed by atoms with Crippen LogP contribution in [0.25, 0.3) is 11.0 Å². The molecule has 0 radical (unpaired) electrons. The van der Waals surface area contributed by atoms with Crippen LogP contribution in [0.3, 0.4) is 0 Å². The van der Waals surface area contributed by atoms with Crippen molar-refractivity contribution >= 4 is 16.9 Å². The molecule has 128 valence electrons. The quantitative estimate of drug-likeness (QED) is 0.730. The number of nitrogens with zero attached hydrogens (tertiary/aromatic N) is 2. The first-order valence-electron chi connectivity index (χ1n) is 8.70. The van der Waals surface area contributed by atoms with E-state index in [0.29, 0.717) is 25.3 Å². The molecule has 3 aromatic rings. The highest BCUT2D eigenvalue weighted by atomic mass is 16.5. The molecule has 0 saturated heterocycles. The summed E-state index contributed by atoms with van der Waals surface area (Å²) in [7, 11) is 0. The van der Waals surface area contributed by atoms with E-state index < -0.39 is 0 Å². The molecule has 0 saturated carbocycles. The lowest BCUT2D eigenvalue weighted by Crippen LogP contribution is -2.24. The fraction of sp³-hybridized carbons (Fsp3) is 0.300. The maximum atomic E-state index is 12.4. The van der Waals surface area contributed by atoms with E-state index in [1.54, 1.807) is 0 Å². The molecule has 0 bridgehead atoms. The van der Waals surface area contributed by atoms with Crippen LogP contribution in [0.5, 0.6) is 0 Å². The molecule has 2 heterocycles. The molecule has 5 heteroatoms. The van der Waals surface area contributed by atoms with Gasteiger partial charge in [0.05, 0.1) is 17.6 Å². The van der Waals surface area contributed by atoms with Crippen molar-refractivity contribution in [2.24, 2.45) is 0 Å². The number of hydrogen-bond donors (Lipinski definition) is 1. The molecule has 0 aliphatic carbocycles. The number of aromatic nitrogens is 2. The Morgan fingerprint density at radius 2 is 2.08 bits per heavy atom. The molecule has 2 aromatic carbocycles. The number of benzene rings is 2. The van der Waals surface area contributed by atoms with E-state index >= 15 is 0 Å². The van der Waals surface area contributed by atoms with Gasteiger partial charge in [-0.2, -0.15) is 0 Å². The van der Waals surface area contributed by atoms with E-state index in [1.807, 2.05) is 36.4 Å². The molecule has 4 rings (SSSR count). The number of ether oxygens (including phenoxy) is 1. The molecule has 1 aromatic heterocycles. The number of hydrogen-bond acceptors (Lipinski definition) is 3. The molecule has 1 aliphatic rings. The van der Waals surface area contributed by atoms with Gasteiger partial charge < -0.3 is 14.6 Å². The number of imidazole rings is 1. The third-order valence-corrected chi connectivity index (χ3v) is 4.55. The first kappa shape index (κ1) is 15.8. The highest BCUT2D eigenvalue weighted by Crippen LogP contribution is 2.20. The second kappa shape index (κ2) is 7.07. The second-order valence-corrected chi connectivity index (χ2v) is 6.28. The highest BCUT2D eigenvalue weighted by Gasteiger charge is 2.16. The number of fused-ring (bicyclic) bond motifs is 3. The molecule has 1 aliphatic heterocycles. The summed E-state index contributed by atoms with van der Waals surface area (Å²) in [5, 5.41) is 3.00. The van der Waals surface area contributed by atoms with Crippen LogP contribution >= 0.6 is 0 Å². The summed E-state index contributed by atoms with van der Waals surface area (Å²) in [4.78, 5) is 17.0. The van der Waals surface area contributed by atoms with E-state index in [2.05, 4.69) is 27.0 Å².